The van der Waals surface area contributed by atoms with E-state index in [2.05, 4.69) is 46.5 Å². The Labute approximate surface area is 342 Å². The first-order valence-corrected chi connectivity index (χ1v) is 21.3. The quantitative estimate of drug-likeness (QED) is 0.0296. The van der Waals surface area contributed by atoms with Gasteiger partial charge < -0.3 is 9.11 Å². The van der Waals surface area contributed by atoms with Crippen LogP contribution in [0.2, 0.25) is 0 Å². The Bertz CT molecular complexity index is 810. The van der Waals surface area contributed by atoms with Crippen molar-refractivity contribution in [3.8, 4) is 0 Å². The average Bonchev–Trinajstić information content (AvgIpc) is 2.99. The Morgan fingerprint density at radius 2 is 0.583 bits per heavy atom. The van der Waals surface area contributed by atoms with Crippen LogP contribution in [0, 0.1) is 0 Å². The summed E-state index contributed by atoms with van der Waals surface area (Å²) in [7, 11) is -9.00. The molecule has 0 aliphatic rings. The van der Waals surface area contributed by atoms with Gasteiger partial charge in [-0.1, -0.05) is 154 Å². The molecule has 0 aromatic carbocycles. The third-order valence-electron chi connectivity index (χ3n) is 7.77. The van der Waals surface area contributed by atoms with Gasteiger partial charge in [-0.2, -0.15) is 0 Å². The first-order valence-electron chi connectivity index (χ1n) is 18.6. The molecule has 0 bridgehead atoms. The summed E-state index contributed by atoms with van der Waals surface area (Å²) < 4.78 is 69.6. The molecule has 0 aliphatic heterocycles. The van der Waals surface area contributed by atoms with E-state index in [1.807, 2.05) is 0 Å². The average molecular weight is 741 g/mol. The second-order valence-corrected chi connectivity index (χ2v) is 14.4. The summed E-state index contributed by atoms with van der Waals surface area (Å²) in [5.41, 5.74) is 0. The molecule has 8 nitrogen and oxygen atoms in total. The molecule has 0 spiro atoms. The van der Waals surface area contributed by atoms with Crippen LogP contribution in [0.1, 0.15) is 194 Å². The van der Waals surface area contributed by atoms with Gasteiger partial charge in [0.2, 0.25) is 20.8 Å². The Kier molecular flexibility index (Phi) is 51.7. The van der Waals surface area contributed by atoms with E-state index >= 15 is 0 Å². The molecule has 0 aromatic heterocycles. The van der Waals surface area contributed by atoms with Crippen LogP contribution in [0.5, 0.6) is 0 Å². The third kappa shape index (κ3) is 59.4. The minimum Gasteiger partial charge on any atom is -0.726 e. The second-order valence-electron chi connectivity index (χ2n) is 12.3. The SMILES string of the molecule is CCCCCCCC/C=C\CCCCCCCCOS(=O)(=O)[O-].CCCCCCCC/C=C\CCCCCCCCOS(=O)(=O)[O-].[Na+].[Na+]. The van der Waals surface area contributed by atoms with Crippen molar-refractivity contribution in [2.75, 3.05) is 13.2 Å². The summed E-state index contributed by atoms with van der Waals surface area (Å²) in [5.74, 6) is 0. The van der Waals surface area contributed by atoms with Crippen molar-refractivity contribution in [3.63, 3.8) is 0 Å². The maximum atomic E-state index is 10.2. The topological polar surface area (TPSA) is 133 Å². The zero-order chi connectivity index (χ0) is 34.5. The van der Waals surface area contributed by atoms with Gasteiger partial charge in [-0.25, -0.2) is 16.8 Å². The molecular weight excluding hydrogens is 671 g/mol. The zero-order valence-electron chi connectivity index (χ0n) is 31.6. The maximum absolute atomic E-state index is 10.2. The Morgan fingerprint density at radius 3 is 0.812 bits per heavy atom. The van der Waals surface area contributed by atoms with Gasteiger partial charge in [-0.05, 0) is 64.2 Å². The van der Waals surface area contributed by atoms with E-state index in [0.717, 1.165) is 51.4 Å². The molecule has 0 saturated carbocycles. The van der Waals surface area contributed by atoms with Crippen molar-refractivity contribution in [2.45, 2.75) is 194 Å². The van der Waals surface area contributed by atoms with E-state index in [-0.39, 0.29) is 72.3 Å². The summed E-state index contributed by atoms with van der Waals surface area (Å²) in [6, 6.07) is 0. The van der Waals surface area contributed by atoms with Gasteiger partial charge in [0.05, 0.1) is 13.2 Å². The van der Waals surface area contributed by atoms with E-state index in [4.69, 9.17) is 0 Å². The molecule has 0 aliphatic carbocycles. The molecule has 0 amide bonds. The fourth-order valence-corrected chi connectivity index (χ4v) is 5.67. The van der Waals surface area contributed by atoms with Crippen molar-refractivity contribution in [3.05, 3.63) is 24.3 Å². The maximum Gasteiger partial charge on any atom is 1.00 e. The molecular formula is C36H70Na2O8S2. The van der Waals surface area contributed by atoms with Gasteiger partial charge in [0, 0.05) is 0 Å². The molecule has 0 aromatic rings. The molecule has 48 heavy (non-hydrogen) atoms. The summed E-state index contributed by atoms with van der Waals surface area (Å²) in [6.07, 6.45) is 42.7. The monoisotopic (exact) mass is 740 g/mol. The minimum absolute atomic E-state index is 0. The van der Waals surface area contributed by atoms with Gasteiger partial charge >= 0.3 is 59.1 Å². The van der Waals surface area contributed by atoms with Crippen molar-refractivity contribution < 1.29 is 93.4 Å². The number of allylic oxidation sites excluding steroid dienone is 4. The van der Waals surface area contributed by atoms with Gasteiger partial charge in [0.1, 0.15) is 0 Å². The molecule has 0 unspecified atom stereocenters. The third-order valence-corrected chi connectivity index (χ3v) is 8.68. The number of hydrogen-bond acceptors (Lipinski definition) is 8. The molecule has 0 heterocycles. The van der Waals surface area contributed by atoms with E-state index in [1.54, 1.807) is 0 Å². The molecule has 0 fully saturated rings. The molecule has 0 rings (SSSR count). The van der Waals surface area contributed by atoms with Gasteiger partial charge in [-0.15, -0.1) is 0 Å². The Hall–Kier alpha value is 1.22. The molecule has 0 radical (unpaired) electrons. The van der Waals surface area contributed by atoms with Crippen LogP contribution < -0.4 is 59.1 Å². The molecule has 0 N–H and O–H groups in total. The first kappa shape index (κ1) is 56.0. The number of hydrogen-bond donors (Lipinski definition) is 0. The van der Waals surface area contributed by atoms with E-state index < -0.39 is 20.8 Å². The summed E-state index contributed by atoms with van der Waals surface area (Å²) in [4.78, 5) is 0. The van der Waals surface area contributed by atoms with E-state index in [1.165, 1.54) is 116 Å². The van der Waals surface area contributed by atoms with Crippen molar-refractivity contribution in [1.29, 1.82) is 0 Å². The van der Waals surface area contributed by atoms with Crippen LogP contribution >= 0.6 is 0 Å². The van der Waals surface area contributed by atoms with Gasteiger partial charge in [0.15, 0.2) is 0 Å². The second kappa shape index (κ2) is 44.4. The number of rotatable bonds is 34. The predicted molar refractivity (Wildman–Crippen MR) is 190 cm³/mol. The largest absolute Gasteiger partial charge is 1.00 e. The first-order chi connectivity index (χ1) is 22.1. The predicted octanol–water partition coefficient (Wildman–Crippen LogP) is 5.01. The minimum atomic E-state index is -4.50. The molecule has 0 saturated heterocycles. The van der Waals surface area contributed by atoms with Crippen molar-refractivity contribution in [1.82, 2.24) is 0 Å². The zero-order valence-corrected chi connectivity index (χ0v) is 37.2. The van der Waals surface area contributed by atoms with Crippen LogP contribution in [-0.2, 0) is 29.2 Å². The van der Waals surface area contributed by atoms with Crippen LogP contribution in [-0.4, -0.2) is 39.2 Å². The smallest absolute Gasteiger partial charge is 0.726 e. The number of unbranched alkanes of at least 4 members (excludes halogenated alkanes) is 24. The van der Waals surface area contributed by atoms with Gasteiger partial charge in [0.25, 0.3) is 0 Å². The summed E-state index contributed by atoms with van der Waals surface area (Å²) in [5, 5.41) is 0. The standard InChI is InChI=1S/2C18H36O4S.2Na/c2*1-2-3-4-5-6-7-8-9-10-11-12-13-14-15-16-17-18-22-23(19,20)21;;/h2*9-10H,2-8,11-18H2,1H3,(H,19,20,21);;/q;;2*+1/p-2/b2*10-9-;;. The van der Waals surface area contributed by atoms with Crippen LogP contribution in [0.25, 0.3) is 0 Å². The normalized spacial score (nSPS) is 11.8. The van der Waals surface area contributed by atoms with Crippen molar-refractivity contribution >= 4 is 20.8 Å². The Balaban J connectivity index is -0.000000387. The van der Waals surface area contributed by atoms with Crippen molar-refractivity contribution in [2.24, 2.45) is 0 Å². The summed E-state index contributed by atoms with van der Waals surface area (Å²) >= 11 is 0. The fourth-order valence-electron chi connectivity index (χ4n) is 5.02. The van der Waals surface area contributed by atoms with E-state index in [0.29, 0.717) is 12.8 Å². The summed E-state index contributed by atoms with van der Waals surface area (Å²) in [6.45, 7) is 4.54. The van der Waals surface area contributed by atoms with Crippen LogP contribution in [0.15, 0.2) is 24.3 Å². The molecule has 12 heteroatoms. The van der Waals surface area contributed by atoms with Crippen LogP contribution in [0.3, 0.4) is 0 Å². The Morgan fingerprint density at radius 1 is 0.375 bits per heavy atom. The molecule has 276 valence electrons. The van der Waals surface area contributed by atoms with E-state index in [9.17, 15) is 25.9 Å². The fraction of sp³-hybridized carbons (Fsp3) is 0.889. The molecule has 0 atom stereocenters. The van der Waals surface area contributed by atoms with Crippen LogP contribution in [0.4, 0.5) is 0 Å². The van der Waals surface area contributed by atoms with Gasteiger partial charge in [-0.3, -0.25) is 8.37 Å².